The zero-order valence-corrected chi connectivity index (χ0v) is 42.0. The van der Waals surface area contributed by atoms with Gasteiger partial charge >= 0.3 is 0 Å². The second-order valence-corrected chi connectivity index (χ2v) is 18.2. The summed E-state index contributed by atoms with van der Waals surface area (Å²) in [5, 5.41) is 35.9. The molecule has 340 valence electrons. The predicted molar refractivity (Wildman–Crippen MR) is 262 cm³/mol. The fraction of sp³-hybridized carbons (Fsp3) is 0.549. The van der Waals surface area contributed by atoms with E-state index in [1.165, 1.54) is 10.8 Å². The minimum atomic E-state index is 0.415. The first-order chi connectivity index (χ1) is 29.2. The molecule has 0 spiro atoms. The van der Waals surface area contributed by atoms with Crippen molar-refractivity contribution >= 4 is 22.1 Å². The first-order valence-electron chi connectivity index (χ1n) is 22.8. The SMILES string of the molecule is CC.CC(C)C.CC(C)C.CC(C)c1ccc(C(C)C)nn1.CC(C)c1ccc2nccn2n1.CC(C)c1ccc2nncn2n1.CC(C)c1nnc(C(C)C)c2ccccc12. The molecule has 0 fully saturated rings. The van der Waals surface area contributed by atoms with Crippen LogP contribution in [0.2, 0.25) is 0 Å². The van der Waals surface area contributed by atoms with E-state index >= 15 is 0 Å². The van der Waals surface area contributed by atoms with E-state index in [2.05, 4.69) is 207 Å². The molecule has 0 atom stereocenters. The molecule has 6 aromatic heterocycles. The number of hydrogen-bond donors (Lipinski definition) is 0. The first-order valence-corrected chi connectivity index (χ1v) is 22.8. The summed E-state index contributed by atoms with van der Waals surface area (Å²) in [6, 6.07) is 20.5. The van der Waals surface area contributed by atoms with Crippen molar-refractivity contribution in [3.05, 3.63) is 114 Å². The Morgan fingerprint density at radius 3 is 1.13 bits per heavy atom. The van der Waals surface area contributed by atoms with E-state index < -0.39 is 0 Å². The predicted octanol–water partition coefficient (Wildman–Crippen LogP) is 14.1. The van der Waals surface area contributed by atoms with E-state index in [0.29, 0.717) is 35.5 Å². The number of benzene rings is 1. The van der Waals surface area contributed by atoms with E-state index in [0.717, 1.165) is 57.3 Å². The molecular formula is C51H81N11. The number of rotatable bonds is 6. The van der Waals surface area contributed by atoms with Crippen LogP contribution < -0.4 is 0 Å². The van der Waals surface area contributed by atoms with Crippen molar-refractivity contribution < 1.29 is 0 Å². The van der Waals surface area contributed by atoms with Crippen molar-refractivity contribution in [3.63, 3.8) is 0 Å². The van der Waals surface area contributed by atoms with Crippen LogP contribution >= 0.6 is 0 Å². The number of hydrogen-bond acceptors (Lipinski definition) is 9. The molecule has 0 bridgehead atoms. The fourth-order valence-electron chi connectivity index (χ4n) is 5.16. The topological polar surface area (TPSA) is 125 Å². The molecule has 11 heteroatoms. The van der Waals surface area contributed by atoms with Gasteiger partial charge in [-0.05, 0) is 83.7 Å². The Bertz CT molecular complexity index is 2070. The molecule has 7 rings (SSSR count). The van der Waals surface area contributed by atoms with Gasteiger partial charge in [0.05, 0.1) is 34.2 Å². The quantitative estimate of drug-likeness (QED) is 0.161. The highest BCUT2D eigenvalue weighted by Gasteiger charge is 2.13. The third-order valence-corrected chi connectivity index (χ3v) is 8.37. The summed E-state index contributed by atoms with van der Waals surface area (Å²) in [6.07, 6.45) is 5.23. The second kappa shape index (κ2) is 28.4. The van der Waals surface area contributed by atoms with Crippen molar-refractivity contribution in [1.82, 2.24) is 54.8 Å². The van der Waals surface area contributed by atoms with Crippen LogP contribution in [0.4, 0.5) is 0 Å². The van der Waals surface area contributed by atoms with Gasteiger partial charge in [0.2, 0.25) is 0 Å². The minimum absolute atomic E-state index is 0.415. The van der Waals surface area contributed by atoms with Gasteiger partial charge in [-0.25, -0.2) is 14.0 Å². The van der Waals surface area contributed by atoms with Gasteiger partial charge in [-0.15, -0.1) is 10.2 Å². The summed E-state index contributed by atoms with van der Waals surface area (Å²) in [6.45, 7) is 42.6. The average molecular weight is 848 g/mol. The molecule has 1 aromatic carbocycles. The lowest BCUT2D eigenvalue weighted by Crippen LogP contribution is -2.03. The molecule has 62 heavy (non-hydrogen) atoms. The second-order valence-electron chi connectivity index (χ2n) is 18.2. The Morgan fingerprint density at radius 1 is 0.387 bits per heavy atom. The highest BCUT2D eigenvalue weighted by molar-refractivity contribution is 5.87. The standard InChI is InChI=1S/C14H18N2.C10H16N2.C9H11N3.C8H10N4.2C4H10.C2H6/c1-9(2)13-11-7-5-6-8-12(11)14(10(3)4)16-15-13;1-7(2)9-5-6-10(8(3)4)12-11-9;1-7(2)8-3-4-9-10-5-6-12(9)11-8;1-6(2)7-3-4-8-10-9-5-12(8)11-7;2*1-4(2)3;1-2/h5-10H,1-4H3;5-8H,1-4H3;3-7H,1-2H3;3-6H,1-2H3;2*4H,1-3H3;1-2H3. The molecule has 0 aliphatic rings. The third kappa shape index (κ3) is 19.2. The maximum Gasteiger partial charge on any atom is 0.177 e. The number of imidazole rings is 1. The van der Waals surface area contributed by atoms with Gasteiger partial charge in [-0.3, -0.25) is 0 Å². The van der Waals surface area contributed by atoms with Crippen LogP contribution in [0.25, 0.3) is 22.1 Å². The van der Waals surface area contributed by atoms with Crippen molar-refractivity contribution in [2.24, 2.45) is 11.8 Å². The molecule has 0 aliphatic carbocycles. The van der Waals surface area contributed by atoms with Gasteiger partial charge in [-0.1, -0.05) is 163 Å². The smallest absolute Gasteiger partial charge is 0.177 e. The van der Waals surface area contributed by atoms with E-state index in [9.17, 15) is 0 Å². The molecule has 6 heterocycles. The van der Waals surface area contributed by atoms with Crippen LogP contribution in [0.1, 0.15) is 208 Å². The van der Waals surface area contributed by atoms with E-state index in [1.54, 1.807) is 21.6 Å². The zero-order chi connectivity index (χ0) is 47.1. The molecule has 0 amide bonds. The molecule has 0 saturated heterocycles. The molecular weight excluding hydrogens is 767 g/mol. The maximum atomic E-state index is 4.39. The van der Waals surface area contributed by atoms with Crippen LogP contribution in [0, 0.1) is 11.8 Å². The molecule has 0 saturated carbocycles. The van der Waals surface area contributed by atoms with Crippen molar-refractivity contribution in [2.75, 3.05) is 0 Å². The molecule has 0 radical (unpaired) electrons. The summed E-state index contributed by atoms with van der Waals surface area (Å²) in [4.78, 5) is 4.12. The maximum absolute atomic E-state index is 4.39. The van der Waals surface area contributed by atoms with Crippen LogP contribution in [0.15, 0.2) is 79.4 Å². The number of nitrogens with zero attached hydrogens (tertiary/aromatic N) is 11. The molecule has 11 nitrogen and oxygen atoms in total. The van der Waals surface area contributed by atoms with E-state index in [4.69, 9.17) is 0 Å². The minimum Gasteiger partial charge on any atom is -0.236 e. The largest absolute Gasteiger partial charge is 0.236 e. The molecule has 0 unspecified atom stereocenters. The highest BCUT2D eigenvalue weighted by Crippen LogP contribution is 2.28. The van der Waals surface area contributed by atoms with Gasteiger partial charge in [-0.2, -0.15) is 30.6 Å². The normalized spacial score (nSPS) is 10.8. The Kier molecular flexibility index (Phi) is 25.1. The van der Waals surface area contributed by atoms with Gasteiger partial charge in [0.15, 0.2) is 11.3 Å². The van der Waals surface area contributed by atoms with Gasteiger partial charge in [0, 0.05) is 23.2 Å². The lowest BCUT2D eigenvalue weighted by Gasteiger charge is -2.12. The molecule has 7 aromatic rings. The lowest BCUT2D eigenvalue weighted by molar-refractivity contribution is 0.733. The highest BCUT2D eigenvalue weighted by atomic mass is 15.3. The monoisotopic (exact) mass is 848 g/mol. The Labute approximate surface area is 375 Å². The summed E-state index contributed by atoms with van der Waals surface area (Å²) >= 11 is 0. The van der Waals surface area contributed by atoms with E-state index in [-0.39, 0.29) is 0 Å². The Balaban J connectivity index is 0.000000387. The van der Waals surface area contributed by atoms with Gasteiger partial charge < -0.3 is 0 Å². The lowest BCUT2D eigenvalue weighted by atomic mass is 9.98. The van der Waals surface area contributed by atoms with Gasteiger partial charge in [0.25, 0.3) is 0 Å². The van der Waals surface area contributed by atoms with Crippen LogP contribution in [-0.2, 0) is 0 Å². The summed E-state index contributed by atoms with van der Waals surface area (Å²) in [5.41, 5.74) is 8.18. The van der Waals surface area contributed by atoms with E-state index in [1.807, 2.05) is 44.3 Å². The molecule has 0 N–H and O–H groups in total. The zero-order valence-electron chi connectivity index (χ0n) is 42.0. The Hall–Kier alpha value is -5.19. The van der Waals surface area contributed by atoms with Gasteiger partial charge in [0.1, 0.15) is 6.33 Å². The van der Waals surface area contributed by atoms with Crippen LogP contribution in [-0.4, -0.2) is 54.8 Å². The fourth-order valence-corrected chi connectivity index (χ4v) is 5.16. The average Bonchev–Trinajstić information content (AvgIpc) is 3.91. The first kappa shape index (κ1) is 54.8. The van der Waals surface area contributed by atoms with Crippen molar-refractivity contribution in [3.8, 4) is 0 Å². The Morgan fingerprint density at radius 2 is 0.758 bits per heavy atom. The summed E-state index contributed by atoms with van der Waals surface area (Å²) < 4.78 is 3.49. The number of fused-ring (bicyclic) bond motifs is 3. The third-order valence-electron chi connectivity index (χ3n) is 8.37. The van der Waals surface area contributed by atoms with Crippen molar-refractivity contribution in [2.45, 2.75) is 174 Å². The molecule has 0 aliphatic heterocycles. The summed E-state index contributed by atoms with van der Waals surface area (Å²) in [7, 11) is 0. The van der Waals surface area contributed by atoms with Crippen molar-refractivity contribution in [1.29, 1.82) is 0 Å². The van der Waals surface area contributed by atoms with Crippen LogP contribution in [0.3, 0.4) is 0 Å². The summed E-state index contributed by atoms with van der Waals surface area (Å²) in [5.74, 6) is 4.35. The number of aromatic nitrogens is 11. The van der Waals surface area contributed by atoms with Crippen LogP contribution in [0.5, 0.6) is 0 Å².